The van der Waals surface area contributed by atoms with Gasteiger partial charge in [0.25, 0.3) is 0 Å². The van der Waals surface area contributed by atoms with E-state index in [-0.39, 0.29) is 17.7 Å². The van der Waals surface area contributed by atoms with E-state index >= 15 is 0 Å². The van der Waals surface area contributed by atoms with E-state index in [9.17, 15) is 9.90 Å². The first-order chi connectivity index (χ1) is 9.56. The van der Waals surface area contributed by atoms with Crippen LogP contribution >= 0.6 is 15.9 Å². The third kappa shape index (κ3) is 3.84. The standard InChI is InChI=1S/C14H16BrN3O2/c1-10(18-9-12(15)8-17-18)14(20)16-7-6-11-2-4-13(19)5-3-11/h2-5,8-10,19H,6-7H2,1H3,(H,16,20). The molecular weight excluding hydrogens is 322 g/mol. The summed E-state index contributed by atoms with van der Waals surface area (Å²) in [6.07, 6.45) is 4.14. The Morgan fingerprint density at radius 1 is 1.45 bits per heavy atom. The van der Waals surface area contributed by atoms with Gasteiger partial charge in [0.05, 0.1) is 10.7 Å². The lowest BCUT2D eigenvalue weighted by atomic mass is 10.1. The van der Waals surface area contributed by atoms with Crippen LogP contribution in [0, 0.1) is 0 Å². The first kappa shape index (κ1) is 14.6. The Balaban J connectivity index is 1.81. The minimum Gasteiger partial charge on any atom is -0.508 e. The van der Waals surface area contributed by atoms with Gasteiger partial charge < -0.3 is 10.4 Å². The number of benzene rings is 1. The van der Waals surface area contributed by atoms with E-state index in [1.54, 1.807) is 36.1 Å². The van der Waals surface area contributed by atoms with Crippen LogP contribution in [0.3, 0.4) is 0 Å². The van der Waals surface area contributed by atoms with Crippen molar-refractivity contribution in [3.05, 3.63) is 46.7 Å². The number of hydrogen-bond donors (Lipinski definition) is 2. The minimum absolute atomic E-state index is 0.0700. The van der Waals surface area contributed by atoms with E-state index in [0.717, 1.165) is 16.5 Å². The lowest BCUT2D eigenvalue weighted by molar-refractivity contribution is -0.124. The van der Waals surface area contributed by atoms with Gasteiger partial charge in [0.2, 0.25) is 5.91 Å². The highest BCUT2D eigenvalue weighted by Gasteiger charge is 2.14. The van der Waals surface area contributed by atoms with Crippen LogP contribution in [0.4, 0.5) is 0 Å². The zero-order valence-corrected chi connectivity index (χ0v) is 12.7. The molecule has 0 saturated carbocycles. The van der Waals surface area contributed by atoms with Crippen LogP contribution in [0.5, 0.6) is 5.75 Å². The monoisotopic (exact) mass is 337 g/mol. The van der Waals surface area contributed by atoms with Crippen molar-refractivity contribution in [2.45, 2.75) is 19.4 Å². The highest BCUT2D eigenvalue weighted by Crippen LogP contribution is 2.12. The number of aromatic nitrogens is 2. The van der Waals surface area contributed by atoms with Crippen molar-refractivity contribution in [3.63, 3.8) is 0 Å². The van der Waals surface area contributed by atoms with Gasteiger partial charge in [-0.3, -0.25) is 9.48 Å². The number of carbonyl (C=O) groups is 1. The van der Waals surface area contributed by atoms with Gasteiger partial charge in [-0.05, 0) is 47.0 Å². The number of phenols is 1. The molecule has 0 radical (unpaired) electrons. The molecule has 2 aromatic rings. The average Bonchev–Trinajstić information content (AvgIpc) is 2.86. The second-order valence-electron chi connectivity index (χ2n) is 4.52. The van der Waals surface area contributed by atoms with Crippen molar-refractivity contribution < 1.29 is 9.90 Å². The molecule has 6 heteroatoms. The summed E-state index contributed by atoms with van der Waals surface area (Å²) >= 11 is 3.30. The summed E-state index contributed by atoms with van der Waals surface area (Å²) in [7, 11) is 0. The van der Waals surface area contributed by atoms with Gasteiger partial charge in [0.15, 0.2) is 0 Å². The van der Waals surface area contributed by atoms with Gasteiger partial charge in [0.1, 0.15) is 11.8 Å². The van der Waals surface area contributed by atoms with E-state index in [1.165, 1.54) is 0 Å². The molecular formula is C14H16BrN3O2. The van der Waals surface area contributed by atoms with Crippen molar-refractivity contribution in [2.75, 3.05) is 6.54 Å². The quantitative estimate of drug-likeness (QED) is 0.879. The number of hydrogen-bond acceptors (Lipinski definition) is 3. The van der Waals surface area contributed by atoms with Crippen molar-refractivity contribution in [2.24, 2.45) is 0 Å². The number of nitrogens with one attached hydrogen (secondary N) is 1. The number of aromatic hydroxyl groups is 1. The summed E-state index contributed by atoms with van der Waals surface area (Å²) in [6, 6.07) is 6.62. The summed E-state index contributed by atoms with van der Waals surface area (Å²) in [5.74, 6) is 0.176. The Morgan fingerprint density at radius 2 is 2.15 bits per heavy atom. The highest BCUT2D eigenvalue weighted by molar-refractivity contribution is 9.10. The number of halogens is 1. The Hall–Kier alpha value is -1.82. The van der Waals surface area contributed by atoms with E-state index in [4.69, 9.17) is 0 Å². The third-order valence-corrected chi connectivity index (χ3v) is 3.41. The Labute approximate surface area is 125 Å². The fourth-order valence-electron chi connectivity index (χ4n) is 1.79. The number of amides is 1. The van der Waals surface area contributed by atoms with E-state index < -0.39 is 0 Å². The zero-order valence-electron chi connectivity index (χ0n) is 11.1. The van der Waals surface area contributed by atoms with Crippen LogP contribution in [0.1, 0.15) is 18.5 Å². The maximum Gasteiger partial charge on any atom is 0.244 e. The SMILES string of the molecule is CC(C(=O)NCCc1ccc(O)cc1)n1cc(Br)cn1. The molecule has 0 bridgehead atoms. The normalized spacial score (nSPS) is 12.1. The van der Waals surface area contributed by atoms with Crippen LogP contribution in [0.2, 0.25) is 0 Å². The maximum atomic E-state index is 12.0. The second-order valence-corrected chi connectivity index (χ2v) is 5.44. The fourth-order valence-corrected chi connectivity index (χ4v) is 2.09. The first-order valence-corrected chi connectivity index (χ1v) is 7.11. The molecule has 1 heterocycles. The van der Waals surface area contributed by atoms with Gasteiger partial charge in [-0.15, -0.1) is 0 Å². The Kier molecular flexibility index (Phi) is 4.79. The number of carbonyl (C=O) groups excluding carboxylic acids is 1. The van der Waals surface area contributed by atoms with Gasteiger partial charge >= 0.3 is 0 Å². The van der Waals surface area contributed by atoms with E-state index in [1.807, 2.05) is 12.1 Å². The van der Waals surface area contributed by atoms with Crippen molar-refractivity contribution in [3.8, 4) is 5.75 Å². The second kappa shape index (κ2) is 6.56. The zero-order chi connectivity index (χ0) is 14.5. The van der Waals surface area contributed by atoms with Crippen LogP contribution in [0.15, 0.2) is 41.1 Å². The molecule has 1 aromatic heterocycles. The molecule has 1 atom stereocenters. The smallest absolute Gasteiger partial charge is 0.244 e. The maximum absolute atomic E-state index is 12.0. The minimum atomic E-state index is -0.346. The largest absolute Gasteiger partial charge is 0.508 e. The molecule has 0 aliphatic rings. The molecule has 1 amide bonds. The van der Waals surface area contributed by atoms with Crippen LogP contribution < -0.4 is 5.32 Å². The van der Waals surface area contributed by atoms with Crippen molar-refractivity contribution in [1.82, 2.24) is 15.1 Å². The van der Waals surface area contributed by atoms with E-state index in [0.29, 0.717) is 6.54 Å². The molecule has 2 N–H and O–H groups in total. The number of phenolic OH excluding ortho intramolecular Hbond substituents is 1. The Bertz CT molecular complexity index is 580. The molecule has 1 unspecified atom stereocenters. The molecule has 0 spiro atoms. The molecule has 0 fully saturated rings. The molecule has 20 heavy (non-hydrogen) atoms. The number of nitrogens with zero attached hydrogens (tertiary/aromatic N) is 2. The molecule has 5 nitrogen and oxygen atoms in total. The first-order valence-electron chi connectivity index (χ1n) is 6.31. The molecule has 0 aliphatic carbocycles. The molecule has 106 valence electrons. The highest BCUT2D eigenvalue weighted by atomic mass is 79.9. The predicted octanol–water partition coefficient (Wildman–Crippen LogP) is 2.27. The molecule has 2 rings (SSSR count). The van der Waals surface area contributed by atoms with Crippen LogP contribution in [-0.2, 0) is 11.2 Å². The summed E-state index contributed by atoms with van der Waals surface area (Å²) in [5, 5.41) is 16.2. The van der Waals surface area contributed by atoms with E-state index in [2.05, 4.69) is 26.3 Å². The lowest BCUT2D eigenvalue weighted by Gasteiger charge is -2.12. The summed E-state index contributed by atoms with van der Waals surface area (Å²) in [5.41, 5.74) is 1.07. The molecule has 0 saturated heterocycles. The predicted molar refractivity (Wildman–Crippen MR) is 79.5 cm³/mol. The average molecular weight is 338 g/mol. The Morgan fingerprint density at radius 3 is 2.75 bits per heavy atom. The van der Waals surface area contributed by atoms with Crippen LogP contribution in [-0.4, -0.2) is 27.3 Å². The van der Waals surface area contributed by atoms with Crippen molar-refractivity contribution >= 4 is 21.8 Å². The topological polar surface area (TPSA) is 67.2 Å². The van der Waals surface area contributed by atoms with Gasteiger partial charge in [-0.1, -0.05) is 12.1 Å². The summed E-state index contributed by atoms with van der Waals surface area (Å²) < 4.78 is 2.46. The van der Waals surface area contributed by atoms with Gasteiger partial charge in [0, 0.05) is 12.7 Å². The van der Waals surface area contributed by atoms with Crippen LogP contribution in [0.25, 0.3) is 0 Å². The van der Waals surface area contributed by atoms with Crippen molar-refractivity contribution in [1.29, 1.82) is 0 Å². The van der Waals surface area contributed by atoms with Gasteiger partial charge in [-0.25, -0.2) is 0 Å². The molecule has 1 aromatic carbocycles. The fraction of sp³-hybridized carbons (Fsp3) is 0.286. The number of rotatable bonds is 5. The molecule has 0 aliphatic heterocycles. The summed E-state index contributed by atoms with van der Waals surface area (Å²) in [6.45, 7) is 2.35. The lowest BCUT2D eigenvalue weighted by Crippen LogP contribution is -2.32. The van der Waals surface area contributed by atoms with Gasteiger partial charge in [-0.2, -0.15) is 5.10 Å². The third-order valence-electron chi connectivity index (χ3n) is 3.00. The summed E-state index contributed by atoms with van der Waals surface area (Å²) in [4.78, 5) is 12.0.